The molecule has 4 heteroatoms. The second-order valence-electron chi connectivity index (χ2n) is 3.86. The van der Waals surface area contributed by atoms with E-state index < -0.39 is 0 Å². The van der Waals surface area contributed by atoms with Gasteiger partial charge in [-0.3, -0.25) is 0 Å². The number of benzene rings is 1. The lowest BCUT2D eigenvalue weighted by Gasteiger charge is -2.13. The molecule has 0 aromatic heterocycles. The van der Waals surface area contributed by atoms with Crippen molar-refractivity contribution in [2.24, 2.45) is 0 Å². The van der Waals surface area contributed by atoms with Gasteiger partial charge in [0.1, 0.15) is 5.75 Å². The molecule has 1 aromatic carbocycles. The van der Waals surface area contributed by atoms with Crippen LogP contribution in [-0.4, -0.2) is 18.2 Å². The van der Waals surface area contributed by atoms with Crippen molar-refractivity contribution in [3.8, 4) is 5.75 Å². The fraction of sp³-hybridized carbons (Fsp3) is 0.455. The second kappa shape index (κ2) is 5.32. The first-order valence-corrected chi connectivity index (χ1v) is 5.70. The Kier molecular flexibility index (Phi) is 4.62. The first-order valence-electron chi connectivity index (χ1n) is 4.90. The van der Waals surface area contributed by atoms with Crippen molar-refractivity contribution in [2.45, 2.75) is 19.3 Å². The van der Waals surface area contributed by atoms with E-state index in [1.54, 1.807) is 0 Å². The van der Waals surface area contributed by atoms with Crippen LogP contribution in [0.1, 0.15) is 24.0 Å². The molecule has 1 aliphatic heterocycles. The number of nitrogens with one attached hydrogen (secondary N) is 1. The van der Waals surface area contributed by atoms with Gasteiger partial charge in [-0.25, -0.2) is 0 Å². The minimum Gasteiger partial charge on any atom is -0.507 e. The fourth-order valence-electron chi connectivity index (χ4n) is 1.95. The van der Waals surface area contributed by atoms with Crippen molar-refractivity contribution in [1.82, 2.24) is 5.32 Å². The maximum Gasteiger partial charge on any atom is 0.130 e. The van der Waals surface area contributed by atoms with Crippen molar-refractivity contribution >= 4 is 32.9 Å². The molecule has 84 valence electrons. The van der Waals surface area contributed by atoms with Crippen LogP contribution in [-0.2, 0) is 6.42 Å². The number of phenolic OH excluding ortho intramolecular Hbond substituents is 1. The summed E-state index contributed by atoms with van der Waals surface area (Å²) < 4.78 is 0.797. The maximum absolute atomic E-state index is 9.62. The van der Waals surface area contributed by atoms with Crippen molar-refractivity contribution in [1.29, 1.82) is 0 Å². The van der Waals surface area contributed by atoms with E-state index in [2.05, 4.69) is 28.2 Å². The largest absolute Gasteiger partial charge is 0.507 e. The maximum atomic E-state index is 9.62. The highest BCUT2D eigenvalue weighted by Gasteiger charge is 2.16. The van der Waals surface area contributed by atoms with Gasteiger partial charge < -0.3 is 10.4 Å². The van der Waals surface area contributed by atoms with Crippen LogP contribution < -0.4 is 5.32 Å². The molecule has 15 heavy (non-hydrogen) atoms. The van der Waals surface area contributed by atoms with E-state index in [4.69, 9.17) is 0 Å². The summed E-state index contributed by atoms with van der Waals surface area (Å²) >= 11 is 3.35. The molecule has 0 saturated carbocycles. The van der Waals surface area contributed by atoms with E-state index in [0.717, 1.165) is 24.0 Å². The van der Waals surface area contributed by atoms with Gasteiger partial charge in [0.2, 0.25) is 0 Å². The molecule has 2 nitrogen and oxygen atoms in total. The third-order valence-corrected chi connectivity index (χ3v) is 3.40. The molecule has 0 saturated heterocycles. The fourth-order valence-corrected chi connectivity index (χ4v) is 2.34. The molecule has 0 fully saturated rings. The summed E-state index contributed by atoms with van der Waals surface area (Å²) in [6, 6.07) is 3.92. The van der Waals surface area contributed by atoms with Crippen molar-refractivity contribution in [3.63, 3.8) is 0 Å². The zero-order chi connectivity index (χ0) is 10.1. The third kappa shape index (κ3) is 2.74. The number of rotatable bonds is 0. The molecule has 0 spiro atoms. The molecule has 1 aliphatic rings. The Morgan fingerprint density at radius 2 is 2.20 bits per heavy atom. The third-order valence-electron chi connectivity index (χ3n) is 2.76. The topological polar surface area (TPSA) is 32.3 Å². The van der Waals surface area contributed by atoms with E-state index in [1.807, 2.05) is 12.1 Å². The molecule has 1 unspecified atom stereocenters. The highest BCUT2D eigenvalue weighted by Crippen LogP contribution is 2.32. The van der Waals surface area contributed by atoms with E-state index in [0.29, 0.717) is 11.7 Å². The van der Waals surface area contributed by atoms with Crippen LogP contribution in [0.3, 0.4) is 0 Å². The standard InChI is InChI=1S/C11H14BrNO.BrH/c1-7-6-13-3-2-8-4-10(12)11(14)5-9(7)8;/h4-5,7,13-14H,2-3,6H2,1H3;1H. The van der Waals surface area contributed by atoms with Crippen molar-refractivity contribution < 1.29 is 5.11 Å². The van der Waals surface area contributed by atoms with Gasteiger partial charge in [-0.2, -0.15) is 0 Å². The van der Waals surface area contributed by atoms with E-state index in [1.165, 1.54) is 11.1 Å². The van der Waals surface area contributed by atoms with Gasteiger partial charge in [0.05, 0.1) is 4.47 Å². The number of halogens is 2. The Labute approximate surface area is 109 Å². The molecule has 1 aromatic rings. The van der Waals surface area contributed by atoms with Gasteiger partial charge in [0.15, 0.2) is 0 Å². The zero-order valence-corrected chi connectivity index (χ0v) is 11.9. The lowest BCUT2D eigenvalue weighted by Crippen LogP contribution is -2.18. The highest BCUT2D eigenvalue weighted by molar-refractivity contribution is 9.10. The molecule has 1 heterocycles. The zero-order valence-electron chi connectivity index (χ0n) is 8.59. The number of fused-ring (bicyclic) bond motifs is 1. The molecule has 0 bridgehead atoms. The van der Waals surface area contributed by atoms with Gasteiger partial charge in [0.25, 0.3) is 0 Å². The van der Waals surface area contributed by atoms with Crippen LogP contribution in [0.2, 0.25) is 0 Å². The van der Waals surface area contributed by atoms with E-state index >= 15 is 0 Å². The summed E-state index contributed by atoms with van der Waals surface area (Å²) in [5.74, 6) is 0.823. The molecular weight excluding hydrogens is 322 g/mol. The molecular formula is C11H15Br2NO. The lowest BCUT2D eigenvalue weighted by atomic mass is 9.95. The van der Waals surface area contributed by atoms with Crippen LogP contribution in [0.5, 0.6) is 5.75 Å². The summed E-state index contributed by atoms with van der Waals surface area (Å²) in [4.78, 5) is 0. The SMILES string of the molecule is Br.CC1CNCCc2cc(Br)c(O)cc21. The van der Waals surface area contributed by atoms with Crippen molar-refractivity contribution in [2.75, 3.05) is 13.1 Å². The van der Waals surface area contributed by atoms with Crippen LogP contribution in [0.15, 0.2) is 16.6 Å². The average molecular weight is 337 g/mol. The minimum atomic E-state index is 0. The normalized spacial score (nSPS) is 20.0. The number of phenols is 1. The Morgan fingerprint density at radius 1 is 1.47 bits per heavy atom. The monoisotopic (exact) mass is 335 g/mol. The van der Waals surface area contributed by atoms with Crippen molar-refractivity contribution in [3.05, 3.63) is 27.7 Å². The Morgan fingerprint density at radius 3 is 2.93 bits per heavy atom. The van der Waals surface area contributed by atoms with Crippen LogP contribution in [0.25, 0.3) is 0 Å². The summed E-state index contributed by atoms with van der Waals surface area (Å²) in [5, 5.41) is 13.0. The van der Waals surface area contributed by atoms with E-state index in [9.17, 15) is 5.11 Å². The first kappa shape index (κ1) is 13.0. The summed E-state index contributed by atoms with van der Waals surface area (Å²) in [6.45, 7) is 4.20. The minimum absolute atomic E-state index is 0. The number of hydrogen-bond donors (Lipinski definition) is 2. The molecule has 2 N–H and O–H groups in total. The van der Waals surface area contributed by atoms with Gasteiger partial charge in [0, 0.05) is 6.54 Å². The number of aromatic hydroxyl groups is 1. The molecule has 0 aliphatic carbocycles. The molecule has 2 rings (SSSR count). The number of hydrogen-bond acceptors (Lipinski definition) is 2. The first-order chi connectivity index (χ1) is 6.68. The Balaban J connectivity index is 0.00000112. The molecule has 1 atom stereocenters. The van der Waals surface area contributed by atoms with Gasteiger partial charge in [-0.15, -0.1) is 17.0 Å². The van der Waals surface area contributed by atoms with Crippen LogP contribution >= 0.6 is 32.9 Å². The smallest absolute Gasteiger partial charge is 0.130 e. The average Bonchev–Trinajstić information content (AvgIpc) is 2.31. The van der Waals surface area contributed by atoms with Gasteiger partial charge >= 0.3 is 0 Å². The van der Waals surface area contributed by atoms with Crippen LogP contribution in [0.4, 0.5) is 0 Å². The lowest BCUT2D eigenvalue weighted by molar-refractivity contribution is 0.470. The summed E-state index contributed by atoms with van der Waals surface area (Å²) in [6.07, 6.45) is 1.04. The molecule has 0 radical (unpaired) electrons. The summed E-state index contributed by atoms with van der Waals surface area (Å²) in [5.41, 5.74) is 2.61. The Hall–Kier alpha value is -0.0600. The predicted molar refractivity (Wildman–Crippen MR) is 71.1 cm³/mol. The molecule has 0 amide bonds. The van der Waals surface area contributed by atoms with Gasteiger partial charge in [-0.1, -0.05) is 6.92 Å². The second-order valence-corrected chi connectivity index (χ2v) is 4.71. The highest BCUT2D eigenvalue weighted by atomic mass is 79.9. The predicted octanol–water partition coefficient (Wildman–Crippen LogP) is 2.98. The Bertz CT molecular complexity index is 355. The van der Waals surface area contributed by atoms with Gasteiger partial charge in [-0.05, 0) is 58.1 Å². The van der Waals surface area contributed by atoms with Crippen LogP contribution in [0, 0.1) is 0 Å². The van der Waals surface area contributed by atoms with E-state index in [-0.39, 0.29) is 17.0 Å². The quantitative estimate of drug-likeness (QED) is 0.763. The summed E-state index contributed by atoms with van der Waals surface area (Å²) in [7, 11) is 0.